The number of hydrogen-bond acceptors (Lipinski definition) is 7. The molecule has 0 bridgehead atoms. The molecule has 0 saturated heterocycles. The van der Waals surface area contributed by atoms with Gasteiger partial charge in [0.2, 0.25) is 0 Å². The Labute approximate surface area is 203 Å². The average molecular weight is 470 g/mol. The van der Waals surface area contributed by atoms with Gasteiger partial charge in [-0.2, -0.15) is 0 Å². The smallest absolute Gasteiger partial charge is 0.141 e. The fraction of sp³-hybridized carbons (Fsp3) is 0.222. The molecule has 0 aliphatic rings. The van der Waals surface area contributed by atoms with Crippen molar-refractivity contribution < 1.29 is 14.2 Å². The molecule has 1 N–H and O–H groups in total. The summed E-state index contributed by atoms with van der Waals surface area (Å²) in [4.78, 5) is 13.2. The van der Waals surface area contributed by atoms with Crippen molar-refractivity contribution >= 4 is 33.4 Å². The molecule has 0 amide bonds. The zero-order valence-electron chi connectivity index (χ0n) is 20.0. The maximum atomic E-state index is 6.14. The van der Waals surface area contributed by atoms with Gasteiger partial charge in [-0.3, -0.25) is 0 Å². The number of imidazole rings is 1. The highest BCUT2D eigenvalue weighted by Crippen LogP contribution is 2.31. The van der Waals surface area contributed by atoms with Crippen LogP contribution in [0.3, 0.4) is 0 Å². The van der Waals surface area contributed by atoms with Crippen molar-refractivity contribution in [2.75, 3.05) is 25.1 Å². The lowest BCUT2D eigenvalue weighted by atomic mass is 10.2. The minimum atomic E-state index is 0.490. The van der Waals surface area contributed by atoms with Crippen molar-refractivity contribution in [2.45, 2.75) is 13.8 Å². The van der Waals surface area contributed by atoms with Gasteiger partial charge in [0.15, 0.2) is 0 Å². The standard InChI is InChI=1S/C27H27N5O3/c1-4-33-11-12-34-20-6-8-23-22(14-20)27(29-16-28-23)31-19-5-10-26(18(2)13-19)35-21-7-9-25-24(15-21)30-17-32(25)3/h5-10,13-17H,4,11-12H2,1-3H3,(H,28,29,31). The molecule has 0 spiro atoms. The summed E-state index contributed by atoms with van der Waals surface area (Å²) in [5.41, 5.74) is 4.69. The van der Waals surface area contributed by atoms with Gasteiger partial charge in [0, 0.05) is 30.8 Å². The number of nitrogens with one attached hydrogen (secondary N) is 1. The predicted octanol–water partition coefficient (Wildman–Crippen LogP) is 5.78. The van der Waals surface area contributed by atoms with E-state index in [1.54, 1.807) is 12.7 Å². The fourth-order valence-electron chi connectivity index (χ4n) is 3.87. The molecule has 2 heterocycles. The zero-order chi connectivity index (χ0) is 24.2. The summed E-state index contributed by atoms with van der Waals surface area (Å²) in [6.07, 6.45) is 3.35. The van der Waals surface area contributed by atoms with E-state index >= 15 is 0 Å². The summed E-state index contributed by atoms with van der Waals surface area (Å²) in [7, 11) is 1.98. The number of aryl methyl sites for hydroxylation is 2. The van der Waals surface area contributed by atoms with Gasteiger partial charge >= 0.3 is 0 Å². The van der Waals surface area contributed by atoms with Crippen LogP contribution in [0.25, 0.3) is 21.9 Å². The van der Waals surface area contributed by atoms with Crippen molar-refractivity contribution in [2.24, 2.45) is 7.05 Å². The van der Waals surface area contributed by atoms with E-state index in [0.717, 1.165) is 50.4 Å². The molecule has 0 saturated carbocycles. The summed E-state index contributed by atoms with van der Waals surface area (Å²) < 4.78 is 19.3. The first kappa shape index (κ1) is 22.6. The van der Waals surface area contributed by atoms with Crippen LogP contribution in [0.1, 0.15) is 12.5 Å². The molecule has 0 fully saturated rings. The topological polar surface area (TPSA) is 83.3 Å². The summed E-state index contributed by atoms with van der Waals surface area (Å²) >= 11 is 0. The lowest BCUT2D eigenvalue weighted by Gasteiger charge is -2.13. The molecule has 0 aliphatic heterocycles. The maximum Gasteiger partial charge on any atom is 0.141 e. The van der Waals surface area contributed by atoms with Crippen LogP contribution in [-0.2, 0) is 11.8 Å². The Balaban J connectivity index is 1.34. The van der Waals surface area contributed by atoms with Crippen LogP contribution < -0.4 is 14.8 Å². The number of hydrogen-bond donors (Lipinski definition) is 1. The van der Waals surface area contributed by atoms with E-state index in [1.807, 2.05) is 80.1 Å². The quantitative estimate of drug-likeness (QED) is 0.274. The molecule has 0 aliphatic carbocycles. The van der Waals surface area contributed by atoms with Gasteiger partial charge in [0.25, 0.3) is 0 Å². The Morgan fingerprint density at radius 3 is 2.63 bits per heavy atom. The Bertz CT molecular complexity index is 1480. The average Bonchev–Trinajstić information content (AvgIpc) is 3.24. The third-order valence-electron chi connectivity index (χ3n) is 5.67. The van der Waals surface area contributed by atoms with Gasteiger partial charge in [-0.05, 0) is 67.9 Å². The fourth-order valence-corrected chi connectivity index (χ4v) is 3.87. The molecule has 35 heavy (non-hydrogen) atoms. The van der Waals surface area contributed by atoms with E-state index in [1.165, 1.54) is 0 Å². The third kappa shape index (κ3) is 5.02. The minimum absolute atomic E-state index is 0.490. The molecule has 8 heteroatoms. The second kappa shape index (κ2) is 9.99. The normalized spacial score (nSPS) is 11.2. The number of aromatic nitrogens is 4. The molecule has 0 atom stereocenters. The molecule has 8 nitrogen and oxygen atoms in total. The number of nitrogens with zero attached hydrogens (tertiary/aromatic N) is 4. The first-order chi connectivity index (χ1) is 17.1. The Morgan fingerprint density at radius 1 is 0.886 bits per heavy atom. The van der Waals surface area contributed by atoms with E-state index in [4.69, 9.17) is 14.2 Å². The van der Waals surface area contributed by atoms with E-state index in [0.29, 0.717) is 25.6 Å². The third-order valence-corrected chi connectivity index (χ3v) is 5.67. The Hall–Kier alpha value is -4.17. The molecule has 178 valence electrons. The number of anilines is 2. The van der Waals surface area contributed by atoms with Crippen LogP contribution in [0.15, 0.2) is 67.3 Å². The van der Waals surface area contributed by atoms with Crippen molar-refractivity contribution in [3.05, 3.63) is 72.8 Å². The van der Waals surface area contributed by atoms with Gasteiger partial charge in [0.1, 0.15) is 36.0 Å². The zero-order valence-corrected chi connectivity index (χ0v) is 20.0. The van der Waals surface area contributed by atoms with Gasteiger partial charge in [-0.1, -0.05) is 0 Å². The highest BCUT2D eigenvalue weighted by molar-refractivity contribution is 5.91. The van der Waals surface area contributed by atoms with Crippen molar-refractivity contribution in [1.82, 2.24) is 19.5 Å². The molecule has 3 aromatic carbocycles. The number of ether oxygens (including phenoxy) is 3. The largest absolute Gasteiger partial charge is 0.491 e. The van der Waals surface area contributed by atoms with Crippen LogP contribution in [0, 0.1) is 6.92 Å². The molecule has 5 rings (SSSR count). The SMILES string of the molecule is CCOCCOc1ccc2ncnc(Nc3ccc(Oc4ccc5c(c4)ncn5C)c(C)c3)c2c1. The van der Waals surface area contributed by atoms with E-state index in [-0.39, 0.29) is 0 Å². The second-order valence-corrected chi connectivity index (χ2v) is 8.16. The highest BCUT2D eigenvalue weighted by atomic mass is 16.5. The molecule has 0 unspecified atom stereocenters. The van der Waals surface area contributed by atoms with Crippen LogP contribution >= 0.6 is 0 Å². The van der Waals surface area contributed by atoms with Gasteiger partial charge in [0.05, 0.1) is 29.5 Å². The van der Waals surface area contributed by atoms with Crippen LogP contribution in [0.2, 0.25) is 0 Å². The number of benzene rings is 3. The molecular weight excluding hydrogens is 442 g/mol. The molecule has 5 aromatic rings. The Kier molecular flexibility index (Phi) is 6.45. The minimum Gasteiger partial charge on any atom is -0.491 e. The van der Waals surface area contributed by atoms with E-state index in [9.17, 15) is 0 Å². The van der Waals surface area contributed by atoms with Gasteiger partial charge < -0.3 is 24.1 Å². The van der Waals surface area contributed by atoms with Gasteiger partial charge in [-0.25, -0.2) is 15.0 Å². The van der Waals surface area contributed by atoms with Gasteiger partial charge in [-0.15, -0.1) is 0 Å². The summed E-state index contributed by atoms with van der Waals surface area (Å²) in [6.45, 7) is 5.69. The van der Waals surface area contributed by atoms with E-state index < -0.39 is 0 Å². The van der Waals surface area contributed by atoms with Crippen molar-refractivity contribution in [3.63, 3.8) is 0 Å². The molecule has 2 aromatic heterocycles. The summed E-state index contributed by atoms with van der Waals surface area (Å²) in [5, 5.41) is 4.29. The van der Waals surface area contributed by atoms with E-state index in [2.05, 4.69) is 20.3 Å². The lowest BCUT2D eigenvalue weighted by molar-refractivity contribution is 0.110. The van der Waals surface area contributed by atoms with Crippen LogP contribution in [0.5, 0.6) is 17.2 Å². The Morgan fingerprint density at radius 2 is 1.77 bits per heavy atom. The monoisotopic (exact) mass is 469 g/mol. The number of rotatable bonds is 9. The second-order valence-electron chi connectivity index (χ2n) is 8.16. The lowest BCUT2D eigenvalue weighted by Crippen LogP contribution is -2.06. The predicted molar refractivity (Wildman–Crippen MR) is 137 cm³/mol. The van der Waals surface area contributed by atoms with Crippen molar-refractivity contribution in [3.8, 4) is 17.2 Å². The molecular formula is C27H27N5O3. The van der Waals surface area contributed by atoms with Crippen molar-refractivity contribution in [1.29, 1.82) is 0 Å². The molecule has 0 radical (unpaired) electrons. The first-order valence-corrected chi connectivity index (χ1v) is 11.5. The summed E-state index contributed by atoms with van der Waals surface area (Å²) in [5.74, 6) is 2.99. The van der Waals surface area contributed by atoms with Crippen LogP contribution in [0.4, 0.5) is 11.5 Å². The van der Waals surface area contributed by atoms with Crippen LogP contribution in [-0.4, -0.2) is 39.3 Å². The maximum absolute atomic E-state index is 6.14. The highest BCUT2D eigenvalue weighted by Gasteiger charge is 2.09. The summed E-state index contributed by atoms with van der Waals surface area (Å²) in [6, 6.07) is 17.6. The first-order valence-electron chi connectivity index (χ1n) is 11.5. The number of fused-ring (bicyclic) bond motifs is 2.